The minimum absolute atomic E-state index is 0.0166. The van der Waals surface area contributed by atoms with Crippen LogP contribution in [0, 0.1) is 10.1 Å². The molecule has 4 aromatic rings. The molecular formula is C30H28Cl2N6O4S. The number of nitrogens with zero attached hydrogens (tertiary/aromatic N) is 6. The van der Waals surface area contributed by atoms with Gasteiger partial charge in [0.05, 0.1) is 9.95 Å². The number of aromatic nitrogens is 3. The number of rotatable bonds is 9. The predicted molar refractivity (Wildman–Crippen MR) is 167 cm³/mol. The van der Waals surface area contributed by atoms with Crippen LogP contribution in [0.3, 0.4) is 0 Å². The predicted octanol–water partition coefficient (Wildman–Crippen LogP) is 6.39. The third kappa shape index (κ3) is 6.84. The lowest BCUT2D eigenvalue weighted by Crippen LogP contribution is -2.55. The number of nitro benzene ring substituents is 1. The van der Waals surface area contributed by atoms with Crippen molar-refractivity contribution in [1.82, 2.24) is 24.6 Å². The number of halogens is 2. The molecule has 0 spiro atoms. The fourth-order valence-electron chi connectivity index (χ4n) is 4.97. The van der Waals surface area contributed by atoms with Crippen LogP contribution >= 0.6 is 35.0 Å². The molecule has 1 aliphatic heterocycles. The van der Waals surface area contributed by atoms with Crippen molar-refractivity contribution in [2.24, 2.45) is 0 Å². The first-order chi connectivity index (χ1) is 20.7. The standard InChI is InChI=1S/C30H28Cl2N6O4S/c1-20-19-35(15-16-36(20)29(40)21-13-14-25(32)26(18-21)38(41)42)27(39)12-7-17-43-30-34-33-28(23-10-5-6-11-24(23)31)37(30)22-8-3-2-4-9-22/h2-6,8-11,13-14,18,20H,7,12,15-17,19H2,1H3. The quantitative estimate of drug-likeness (QED) is 0.0902. The van der Waals surface area contributed by atoms with Crippen molar-refractivity contribution in [3.05, 3.63) is 98.5 Å². The minimum atomic E-state index is -0.610. The van der Waals surface area contributed by atoms with E-state index in [0.717, 1.165) is 11.3 Å². The third-order valence-electron chi connectivity index (χ3n) is 7.16. The molecule has 0 aliphatic carbocycles. The summed E-state index contributed by atoms with van der Waals surface area (Å²) in [6.07, 6.45) is 0.989. The van der Waals surface area contributed by atoms with Gasteiger partial charge >= 0.3 is 0 Å². The van der Waals surface area contributed by atoms with Gasteiger partial charge < -0.3 is 9.80 Å². The summed E-state index contributed by atoms with van der Waals surface area (Å²) in [6, 6.07) is 21.1. The molecule has 0 bridgehead atoms. The zero-order chi connectivity index (χ0) is 30.5. The highest BCUT2D eigenvalue weighted by molar-refractivity contribution is 7.99. The maximum atomic E-state index is 13.1. The van der Waals surface area contributed by atoms with Gasteiger partial charge in [-0.3, -0.25) is 24.3 Å². The second-order valence-electron chi connectivity index (χ2n) is 10.0. The van der Waals surface area contributed by atoms with Crippen molar-refractivity contribution in [2.45, 2.75) is 31.0 Å². The molecule has 3 aromatic carbocycles. The minimum Gasteiger partial charge on any atom is -0.339 e. The number of hydrogen-bond donors (Lipinski definition) is 0. The molecule has 1 atom stereocenters. The summed E-state index contributed by atoms with van der Waals surface area (Å²) in [5.41, 5.74) is 1.58. The SMILES string of the molecule is CC1CN(C(=O)CCCSc2nnc(-c3ccccc3Cl)n2-c2ccccc2)CCN1C(=O)c1ccc(Cl)c([N+](=O)[O-])c1. The molecule has 13 heteroatoms. The van der Waals surface area contributed by atoms with E-state index in [0.29, 0.717) is 54.2 Å². The van der Waals surface area contributed by atoms with Crippen LogP contribution in [-0.4, -0.2) is 72.7 Å². The number of piperazine rings is 1. The first-order valence-electron chi connectivity index (χ1n) is 13.7. The number of amides is 2. The highest BCUT2D eigenvalue weighted by Gasteiger charge is 2.31. The molecule has 1 aliphatic rings. The Labute approximate surface area is 262 Å². The Balaban J connectivity index is 1.18. The number of carbonyl (C=O) groups excluding carboxylic acids is 2. The largest absolute Gasteiger partial charge is 0.339 e. The Morgan fingerprint density at radius 1 is 1.00 bits per heavy atom. The van der Waals surface area contributed by atoms with Crippen LogP contribution in [0.25, 0.3) is 17.1 Å². The van der Waals surface area contributed by atoms with Gasteiger partial charge in [-0.2, -0.15) is 0 Å². The molecular weight excluding hydrogens is 611 g/mol. The Hall–Kier alpha value is -3.93. The molecule has 43 heavy (non-hydrogen) atoms. The van der Waals surface area contributed by atoms with E-state index in [1.807, 2.05) is 66.1 Å². The van der Waals surface area contributed by atoms with E-state index < -0.39 is 4.92 Å². The second kappa shape index (κ2) is 13.6. The Morgan fingerprint density at radius 3 is 2.47 bits per heavy atom. The molecule has 1 aromatic heterocycles. The van der Waals surface area contributed by atoms with E-state index in [1.54, 1.807) is 9.80 Å². The van der Waals surface area contributed by atoms with Crippen LogP contribution in [0.4, 0.5) is 5.69 Å². The van der Waals surface area contributed by atoms with Crippen molar-refractivity contribution in [3.63, 3.8) is 0 Å². The monoisotopic (exact) mass is 638 g/mol. The van der Waals surface area contributed by atoms with Gasteiger partial charge in [0.15, 0.2) is 11.0 Å². The number of benzene rings is 3. The fraction of sp³-hybridized carbons (Fsp3) is 0.267. The molecule has 2 amide bonds. The number of para-hydroxylation sites is 1. The van der Waals surface area contributed by atoms with Gasteiger partial charge in [-0.25, -0.2) is 0 Å². The van der Waals surface area contributed by atoms with E-state index in [4.69, 9.17) is 23.2 Å². The van der Waals surface area contributed by atoms with Gasteiger partial charge in [0.25, 0.3) is 11.6 Å². The van der Waals surface area contributed by atoms with E-state index in [-0.39, 0.29) is 34.1 Å². The Kier molecular flexibility index (Phi) is 9.64. The average molecular weight is 640 g/mol. The smallest absolute Gasteiger partial charge is 0.288 e. The van der Waals surface area contributed by atoms with Gasteiger partial charge in [-0.15, -0.1) is 10.2 Å². The van der Waals surface area contributed by atoms with E-state index in [2.05, 4.69) is 10.2 Å². The molecule has 5 rings (SSSR count). The Bertz CT molecular complexity index is 1650. The van der Waals surface area contributed by atoms with Gasteiger partial charge in [0.1, 0.15) is 5.02 Å². The van der Waals surface area contributed by atoms with Gasteiger partial charge in [0, 0.05) is 60.7 Å². The molecule has 1 unspecified atom stereocenters. The highest BCUT2D eigenvalue weighted by Crippen LogP contribution is 2.32. The van der Waals surface area contributed by atoms with Crippen LogP contribution in [0.15, 0.2) is 78.0 Å². The molecule has 0 saturated carbocycles. The molecule has 0 N–H and O–H groups in total. The van der Waals surface area contributed by atoms with E-state index in [9.17, 15) is 19.7 Å². The maximum absolute atomic E-state index is 13.1. The normalized spacial score (nSPS) is 15.0. The zero-order valence-electron chi connectivity index (χ0n) is 23.2. The summed E-state index contributed by atoms with van der Waals surface area (Å²) in [4.78, 5) is 40.2. The fourth-order valence-corrected chi connectivity index (χ4v) is 6.27. The summed E-state index contributed by atoms with van der Waals surface area (Å²) in [6.45, 7) is 2.98. The second-order valence-corrected chi connectivity index (χ2v) is 11.9. The van der Waals surface area contributed by atoms with E-state index in [1.165, 1.54) is 30.0 Å². The number of carbonyl (C=O) groups is 2. The number of thioether (sulfide) groups is 1. The van der Waals surface area contributed by atoms with Crippen molar-refractivity contribution in [2.75, 3.05) is 25.4 Å². The molecule has 2 heterocycles. The summed E-state index contributed by atoms with van der Waals surface area (Å²) in [7, 11) is 0. The van der Waals surface area contributed by atoms with Crippen molar-refractivity contribution in [1.29, 1.82) is 0 Å². The summed E-state index contributed by atoms with van der Waals surface area (Å²) in [5.74, 6) is 0.991. The Morgan fingerprint density at radius 2 is 1.74 bits per heavy atom. The van der Waals surface area contributed by atoms with Gasteiger partial charge in [0.2, 0.25) is 5.91 Å². The van der Waals surface area contributed by atoms with Crippen LogP contribution in [0.5, 0.6) is 0 Å². The highest BCUT2D eigenvalue weighted by atomic mass is 35.5. The maximum Gasteiger partial charge on any atom is 0.288 e. The van der Waals surface area contributed by atoms with Crippen molar-refractivity contribution >= 4 is 52.5 Å². The molecule has 1 saturated heterocycles. The van der Waals surface area contributed by atoms with Gasteiger partial charge in [-0.05, 0) is 49.7 Å². The molecule has 0 radical (unpaired) electrons. The topological polar surface area (TPSA) is 114 Å². The number of hydrogen-bond acceptors (Lipinski definition) is 7. The molecule has 222 valence electrons. The van der Waals surface area contributed by atoms with Crippen molar-refractivity contribution in [3.8, 4) is 17.1 Å². The lowest BCUT2D eigenvalue weighted by Gasteiger charge is -2.40. The first-order valence-corrected chi connectivity index (χ1v) is 15.4. The lowest BCUT2D eigenvalue weighted by molar-refractivity contribution is -0.384. The first kappa shape index (κ1) is 30.5. The molecule has 1 fully saturated rings. The van der Waals surface area contributed by atoms with Crippen LogP contribution in [0.2, 0.25) is 10.0 Å². The summed E-state index contributed by atoms with van der Waals surface area (Å²) >= 11 is 13.9. The van der Waals surface area contributed by atoms with E-state index >= 15 is 0 Å². The summed E-state index contributed by atoms with van der Waals surface area (Å²) < 4.78 is 1.97. The van der Waals surface area contributed by atoms with Gasteiger partial charge in [-0.1, -0.05) is 65.3 Å². The number of nitro groups is 1. The van der Waals surface area contributed by atoms with Crippen LogP contribution < -0.4 is 0 Å². The van der Waals surface area contributed by atoms with Crippen LogP contribution in [0.1, 0.15) is 30.1 Å². The average Bonchev–Trinajstić information content (AvgIpc) is 3.43. The third-order valence-corrected chi connectivity index (χ3v) is 8.82. The van der Waals surface area contributed by atoms with Crippen LogP contribution in [-0.2, 0) is 4.79 Å². The van der Waals surface area contributed by atoms with Crippen molar-refractivity contribution < 1.29 is 14.5 Å². The molecule has 10 nitrogen and oxygen atoms in total. The summed E-state index contributed by atoms with van der Waals surface area (Å²) in [5, 5.41) is 21.4. The zero-order valence-corrected chi connectivity index (χ0v) is 25.6. The lowest BCUT2D eigenvalue weighted by atomic mass is 10.1.